The molecule has 0 radical (unpaired) electrons. The molecule has 0 aliphatic carbocycles. The minimum Gasteiger partial charge on any atom is -0.298 e. The van der Waals surface area contributed by atoms with Gasteiger partial charge in [-0.1, -0.05) is 56.5 Å². The molecular formula is C16H20N2O. The first kappa shape index (κ1) is 13.5. The molecule has 1 heterocycles. The molecule has 100 valence electrons. The fourth-order valence-corrected chi connectivity index (χ4v) is 2.26. The van der Waals surface area contributed by atoms with Crippen molar-refractivity contribution in [3.63, 3.8) is 0 Å². The number of carbonyl (C=O) groups is 1. The van der Waals surface area contributed by atoms with E-state index in [-0.39, 0.29) is 0 Å². The zero-order chi connectivity index (χ0) is 13.5. The van der Waals surface area contributed by atoms with Gasteiger partial charge < -0.3 is 0 Å². The summed E-state index contributed by atoms with van der Waals surface area (Å²) in [6.45, 7) is 3.08. The van der Waals surface area contributed by atoms with Crippen molar-refractivity contribution < 1.29 is 4.79 Å². The number of hydrogen-bond donors (Lipinski definition) is 0. The van der Waals surface area contributed by atoms with Gasteiger partial charge in [-0.2, -0.15) is 5.10 Å². The Morgan fingerprint density at radius 3 is 2.63 bits per heavy atom. The SMILES string of the molecule is CCCCCCn1ncc(C=O)c1-c1ccccc1. The van der Waals surface area contributed by atoms with Crippen LogP contribution in [0.3, 0.4) is 0 Å². The van der Waals surface area contributed by atoms with Gasteiger partial charge in [0.15, 0.2) is 6.29 Å². The Labute approximate surface area is 114 Å². The normalized spacial score (nSPS) is 10.6. The summed E-state index contributed by atoms with van der Waals surface area (Å²) >= 11 is 0. The summed E-state index contributed by atoms with van der Waals surface area (Å²) in [6.07, 6.45) is 7.34. The van der Waals surface area contributed by atoms with Crippen molar-refractivity contribution in [2.75, 3.05) is 0 Å². The Morgan fingerprint density at radius 1 is 1.16 bits per heavy atom. The summed E-state index contributed by atoms with van der Waals surface area (Å²) in [7, 11) is 0. The van der Waals surface area contributed by atoms with E-state index in [1.54, 1.807) is 6.20 Å². The molecule has 0 bridgehead atoms. The van der Waals surface area contributed by atoms with Gasteiger partial charge in [-0.3, -0.25) is 9.48 Å². The Morgan fingerprint density at radius 2 is 1.95 bits per heavy atom. The third-order valence-electron chi connectivity index (χ3n) is 3.27. The van der Waals surface area contributed by atoms with E-state index in [9.17, 15) is 4.79 Å². The molecule has 19 heavy (non-hydrogen) atoms. The Kier molecular flexibility index (Phi) is 4.90. The third-order valence-corrected chi connectivity index (χ3v) is 3.27. The molecule has 1 aromatic carbocycles. The van der Waals surface area contributed by atoms with E-state index < -0.39 is 0 Å². The van der Waals surface area contributed by atoms with Crippen LogP contribution in [0.2, 0.25) is 0 Å². The summed E-state index contributed by atoms with van der Waals surface area (Å²) in [4.78, 5) is 11.1. The van der Waals surface area contributed by atoms with Gasteiger partial charge in [-0.25, -0.2) is 0 Å². The maximum absolute atomic E-state index is 11.1. The number of benzene rings is 1. The second-order valence-corrected chi connectivity index (χ2v) is 4.72. The molecule has 1 aromatic heterocycles. The van der Waals surface area contributed by atoms with Crippen LogP contribution in [0.25, 0.3) is 11.3 Å². The summed E-state index contributed by atoms with van der Waals surface area (Å²) in [6, 6.07) is 9.99. The van der Waals surface area contributed by atoms with E-state index in [1.165, 1.54) is 19.3 Å². The highest BCUT2D eigenvalue weighted by Crippen LogP contribution is 2.22. The van der Waals surface area contributed by atoms with Crippen LogP contribution in [0, 0.1) is 0 Å². The highest BCUT2D eigenvalue weighted by molar-refractivity contribution is 5.85. The minimum atomic E-state index is 0.668. The van der Waals surface area contributed by atoms with E-state index in [2.05, 4.69) is 12.0 Å². The quantitative estimate of drug-likeness (QED) is 0.555. The first-order chi connectivity index (χ1) is 9.36. The molecule has 2 aromatic rings. The van der Waals surface area contributed by atoms with Gasteiger partial charge in [-0.05, 0) is 6.42 Å². The first-order valence-electron chi connectivity index (χ1n) is 6.93. The van der Waals surface area contributed by atoms with Crippen molar-refractivity contribution in [3.8, 4) is 11.3 Å². The van der Waals surface area contributed by atoms with Gasteiger partial charge in [0.2, 0.25) is 0 Å². The molecular weight excluding hydrogens is 236 g/mol. The zero-order valence-electron chi connectivity index (χ0n) is 11.4. The van der Waals surface area contributed by atoms with E-state index >= 15 is 0 Å². The van der Waals surface area contributed by atoms with E-state index in [0.717, 1.165) is 30.5 Å². The highest BCUT2D eigenvalue weighted by atomic mass is 16.1. The molecule has 0 amide bonds. The number of carbonyl (C=O) groups excluding carboxylic acids is 1. The van der Waals surface area contributed by atoms with Crippen molar-refractivity contribution in [3.05, 3.63) is 42.1 Å². The molecule has 0 fully saturated rings. The fraction of sp³-hybridized carbons (Fsp3) is 0.375. The highest BCUT2D eigenvalue weighted by Gasteiger charge is 2.11. The molecule has 0 unspecified atom stereocenters. The van der Waals surface area contributed by atoms with Crippen LogP contribution in [0.15, 0.2) is 36.5 Å². The largest absolute Gasteiger partial charge is 0.298 e. The molecule has 0 aliphatic heterocycles. The minimum absolute atomic E-state index is 0.668. The smallest absolute Gasteiger partial charge is 0.153 e. The Bertz CT molecular complexity index is 517. The van der Waals surface area contributed by atoms with Crippen molar-refractivity contribution in [2.45, 2.75) is 39.2 Å². The van der Waals surface area contributed by atoms with E-state index in [1.807, 2.05) is 35.0 Å². The molecule has 0 N–H and O–H groups in total. The number of aromatic nitrogens is 2. The van der Waals surface area contributed by atoms with Gasteiger partial charge in [0.1, 0.15) is 0 Å². The van der Waals surface area contributed by atoms with Crippen molar-refractivity contribution >= 4 is 6.29 Å². The molecule has 3 nitrogen and oxygen atoms in total. The third kappa shape index (κ3) is 3.31. The zero-order valence-corrected chi connectivity index (χ0v) is 11.4. The van der Waals surface area contributed by atoms with Crippen LogP contribution in [0.4, 0.5) is 0 Å². The molecule has 2 rings (SSSR count). The molecule has 0 saturated carbocycles. The van der Waals surface area contributed by atoms with Crippen LogP contribution in [-0.4, -0.2) is 16.1 Å². The van der Waals surface area contributed by atoms with Crippen LogP contribution < -0.4 is 0 Å². The van der Waals surface area contributed by atoms with Crippen molar-refractivity contribution in [1.29, 1.82) is 0 Å². The average molecular weight is 256 g/mol. The summed E-state index contributed by atoms with van der Waals surface area (Å²) in [5.74, 6) is 0. The maximum Gasteiger partial charge on any atom is 0.153 e. The topological polar surface area (TPSA) is 34.9 Å². The van der Waals surface area contributed by atoms with E-state index in [4.69, 9.17) is 0 Å². The average Bonchev–Trinajstić information content (AvgIpc) is 2.87. The lowest BCUT2D eigenvalue weighted by atomic mass is 10.1. The lowest BCUT2D eigenvalue weighted by Crippen LogP contribution is -2.03. The predicted molar refractivity (Wildman–Crippen MR) is 77.2 cm³/mol. The van der Waals surface area contributed by atoms with Gasteiger partial charge in [0, 0.05) is 12.1 Å². The van der Waals surface area contributed by atoms with Crippen LogP contribution in [0.1, 0.15) is 43.0 Å². The summed E-state index contributed by atoms with van der Waals surface area (Å²) in [5.41, 5.74) is 2.66. The number of aryl methyl sites for hydroxylation is 1. The van der Waals surface area contributed by atoms with Crippen LogP contribution >= 0.6 is 0 Å². The Hall–Kier alpha value is -1.90. The molecule has 3 heteroatoms. The molecule has 0 spiro atoms. The second-order valence-electron chi connectivity index (χ2n) is 4.72. The van der Waals surface area contributed by atoms with Crippen molar-refractivity contribution in [2.24, 2.45) is 0 Å². The van der Waals surface area contributed by atoms with E-state index in [0.29, 0.717) is 5.56 Å². The lowest BCUT2D eigenvalue weighted by Gasteiger charge is -2.08. The number of hydrogen-bond acceptors (Lipinski definition) is 2. The fourth-order valence-electron chi connectivity index (χ4n) is 2.26. The molecule has 0 saturated heterocycles. The summed E-state index contributed by atoms with van der Waals surface area (Å²) < 4.78 is 1.95. The van der Waals surface area contributed by atoms with Crippen molar-refractivity contribution in [1.82, 2.24) is 9.78 Å². The maximum atomic E-state index is 11.1. The van der Waals surface area contributed by atoms with Gasteiger partial charge in [0.25, 0.3) is 0 Å². The summed E-state index contributed by atoms with van der Waals surface area (Å²) in [5, 5.41) is 4.35. The van der Waals surface area contributed by atoms with Crippen LogP contribution in [-0.2, 0) is 6.54 Å². The number of aldehydes is 1. The number of nitrogens with zero attached hydrogens (tertiary/aromatic N) is 2. The number of unbranched alkanes of at least 4 members (excludes halogenated alkanes) is 3. The Balaban J connectivity index is 2.20. The van der Waals surface area contributed by atoms with Crippen LogP contribution in [0.5, 0.6) is 0 Å². The molecule has 0 aliphatic rings. The van der Waals surface area contributed by atoms with Gasteiger partial charge in [0.05, 0.1) is 17.5 Å². The molecule has 0 atom stereocenters. The first-order valence-corrected chi connectivity index (χ1v) is 6.93. The van der Waals surface area contributed by atoms with Gasteiger partial charge in [-0.15, -0.1) is 0 Å². The number of rotatable bonds is 7. The lowest BCUT2D eigenvalue weighted by molar-refractivity contribution is 0.112. The monoisotopic (exact) mass is 256 g/mol. The van der Waals surface area contributed by atoms with Gasteiger partial charge >= 0.3 is 0 Å². The predicted octanol–water partition coefficient (Wildman–Crippen LogP) is 3.94. The second kappa shape index (κ2) is 6.88. The standard InChI is InChI=1S/C16H20N2O/c1-2-3-4-8-11-18-16(15(13-19)12-17-18)14-9-6-5-7-10-14/h5-7,9-10,12-13H,2-4,8,11H2,1H3.